The smallest absolute Gasteiger partial charge is 0.138 e. The van der Waals surface area contributed by atoms with Gasteiger partial charge in [-0.1, -0.05) is 36.7 Å². The van der Waals surface area contributed by atoms with Crippen LogP contribution in [0.1, 0.15) is 30.6 Å². The molecule has 0 aliphatic heterocycles. The summed E-state index contributed by atoms with van der Waals surface area (Å²) in [4.78, 5) is 4.43. The molecule has 20 heavy (non-hydrogen) atoms. The highest BCUT2D eigenvalue weighted by Gasteiger charge is 2.08. The summed E-state index contributed by atoms with van der Waals surface area (Å²) < 4.78 is 5.71. The Kier molecular flexibility index (Phi) is 5.39. The quantitative estimate of drug-likeness (QED) is 0.873. The van der Waals surface area contributed by atoms with Gasteiger partial charge in [0.2, 0.25) is 0 Å². The molecule has 1 heterocycles. The lowest BCUT2D eigenvalue weighted by Crippen LogP contribution is -2.16. The lowest BCUT2D eigenvalue weighted by molar-refractivity contribution is 0.304. The maximum Gasteiger partial charge on any atom is 0.138 e. The summed E-state index contributed by atoms with van der Waals surface area (Å²) in [5, 5.41) is 3.95. The van der Waals surface area contributed by atoms with E-state index in [0.29, 0.717) is 6.61 Å². The number of halogens is 1. The van der Waals surface area contributed by atoms with Gasteiger partial charge in [0.05, 0.1) is 11.9 Å². The lowest BCUT2D eigenvalue weighted by atomic mass is 10.1. The molecular formula is C16H19ClN2O. The first-order chi connectivity index (χ1) is 9.74. The van der Waals surface area contributed by atoms with Gasteiger partial charge in [-0.05, 0) is 31.7 Å². The van der Waals surface area contributed by atoms with Crippen molar-refractivity contribution in [2.75, 3.05) is 7.05 Å². The van der Waals surface area contributed by atoms with Crippen molar-refractivity contribution in [3.05, 3.63) is 58.9 Å². The summed E-state index contributed by atoms with van der Waals surface area (Å²) in [7, 11) is 1.94. The Morgan fingerprint density at radius 3 is 2.65 bits per heavy atom. The molecule has 3 nitrogen and oxygen atoms in total. The van der Waals surface area contributed by atoms with Crippen LogP contribution >= 0.6 is 11.6 Å². The van der Waals surface area contributed by atoms with Gasteiger partial charge in [-0.2, -0.15) is 0 Å². The summed E-state index contributed by atoms with van der Waals surface area (Å²) in [5.74, 6) is 0.750. The van der Waals surface area contributed by atoms with Gasteiger partial charge in [-0.15, -0.1) is 0 Å². The van der Waals surface area contributed by atoms with Crippen LogP contribution in [0.3, 0.4) is 0 Å². The number of nitrogens with one attached hydrogen (secondary N) is 1. The third-order valence-corrected chi connectivity index (χ3v) is 3.59. The molecule has 2 rings (SSSR count). The molecule has 106 valence electrons. The number of pyridine rings is 1. The van der Waals surface area contributed by atoms with E-state index in [1.54, 1.807) is 6.20 Å². The van der Waals surface area contributed by atoms with Crippen LogP contribution < -0.4 is 10.1 Å². The Hall–Kier alpha value is -1.58. The second-order valence-corrected chi connectivity index (χ2v) is 4.96. The van der Waals surface area contributed by atoms with Gasteiger partial charge in [-0.25, -0.2) is 0 Å². The molecular weight excluding hydrogens is 272 g/mol. The Morgan fingerprint density at radius 1 is 1.25 bits per heavy atom. The molecule has 0 aliphatic carbocycles. The fourth-order valence-corrected chi connectivity index (χ4v) is 2.21. The standard InChI is InChI=1S/C16H19ClN2O/c1-3-15(18-2)16-9-8-13(10-19-16)20-11-12-6-4-5-7-14(12)17/h4-10,15,18H,3,11H2,1-2H3. The van der Waals surface area contributed by atoms with Gasteiger partial charge >= 0.3 is 0 Å². The number of hydrogen-bond acceptors (Lipinski definition) is 3. The Balaban J connectivity index is 1.99. The van der Waals surface area contributed by atoms with E-state index in [0.717, 1.165) is 28.5 Å². The first kappa shape index (κ1) is 14.8. The highest BCUT2D eigenvalue weighted by Crippen LogP contribution is 2.20. The summed E-state index contributed by atoms with van der Waals surface area (Å²) in [6.07, 6.45) is 2.76. The lowest BCUT2D eigenvalue weighted by Gasteiger charge is -2.13. The van der Waals surface area contributed by atoms with Crippen molar-refractivity contribution in [3.8, 4) is 5.75 Å². The van der Waals surface area contributed by atoms with E-state index in [2.05, 4.69) is 17.2 Å². The minimum Gasteiger partial charge on any atom is -0.487 e. The first-order valence-electron chi connectivity index (χ1n) is 6.74. The van der Waals surface area contributed by atoms with Crippen molar-refractivity contribution < 1.29 is 4.74 Å². The van der Waals surface area contributed by atoms with E-state index in [9.17, 15) is 0 Å². The van der Waals surface area contributed by atoms with Gasteiger partial charge in [0.1, 0.15) is 12.4 Å². The fourth-order valence-electron chi connectivity index (χ4n) is 2.02. The molecule has 0 saturated carbocycles. The Labute approximate surface area is 124 Å². The predicted octanol–water partition coefficient (Wildman–Crippen LogP) is 3.98. The molecule has 0 amide bonds. The zero-order valence-electron chi connectivity index (χ0n) is 11.8. The third kappa shape index (κ3) is 3.71. The zero-order valence-corrected chi connectivity index (χ0v) is 12.5. The molecule has 0 aliphatic rings. The molecule has 2 aromatic rings. The second-order valence-electron chi connectivity index (χ2n) is 4.55. The number of rotatable bonds is 6. The largest absolute Gasteiger partial charge is 0.487 e. The normalized spacial score (nSPS) is 12.2. The first-order valence-corrected chi connectivity index (χ1v) is 7.11. The Morgan fingerprint density at radius 2 is 2.05 bits per heavy atom. The highest BCUT2D eigenvalue weighted by molar-refractivity contribution is 6.31. The predicted molar refractivity (Wildman–Crippen MR) is 82.1 cm³/mol. The van der Waals surface area contributed by atoms with Crippen molar-refractivity contribution in [3.63, 3.8) is 0 Å². The molecule has 1 unspecified atom stereocenters. The average Bonchev–Trinajstić information content (AvgIpc) is 2.49. The van der Waals surface area contributed by atoms with Crippen LogP contribution in [0, 0.1) is 0 Å². The van der Waals surface area contributed by atoms with Crippen LogP contribution in [0.2, 0.25) is 5.02 Å². The monoisotopic (exact) mass is 290 g/mol. The molecule has 0 radical (unpaired) electrons. The molecule has 4 heteroatoms. The van der Waals surface area contributed by atoms with E-state index in [4.69, 9.17) is 16.3 Å². The topological polar surface area (TPSA) is 34.1 Å². The molecule has 0 spiro atoms. The number of hydrogen-bond donors (Lipinski definition) is 1. The maximum absolute atomic E-state index is 6.09. The fraction of sp³-hybridized carbons (Fsp3) is 0.312. The number of benzene rings is 1. The third-order valence-electron chi connectivity index (χ3n) is 3.23. The van der Waals surface area contributed by atoms with Crippen molar-refractivity contribution >= 4 is 11.6 Å². The zero-order chi connectivity index (χ0) is 14.4. The minimum atomic E-state index is 0.285. The van der Waals surface area contributed by atoms with E-state index in [1.165, 1.54) is 0 Å². The van der Waals surface area contributed by atoms with E-state index in [-0.39, 0.29) is 6.04 Å². The molecule has 1 aromatic carbocycles. The van der Waals surface area contributed by atoms with E-state index >= 15 is 0 Å². The van der Waals surface area contributed by atoms with Crippen LogP contribution in [0.15, 0.2) is 42.6 Å². The van der Waals surface area contributed by atoms with Crippen LogP contribution in [0.25, 0.3) is 0 Å². The number of ether oxygens (including phenoxy) is 1. The van der Waals surface area contributed by atoms with Crippen molar-refractivity contribution in [1.29, 1.82) is 0 Å². The summed E-state index contributed by atoms with van der Waals surface area (Å²) in [5.41, 5.74) is 2.00. The van der Waals surface area contributed by atoms with Crippen LogP contribution in [0.4, 0.5) is 0 Å². The van der Waals surface area contributed by atoms with Crippen LogP contribution in [-0.4, -0.2) is 12.0 Å². The SMILES string of the molecule is CCC(NC)c1ccc(OCc2ccccc2Cl)cn1. The number of aromatic nitrogens is 1. The molecule has 1 N–H and O–H groups in total. The maximum atomic E-state index is 6.09. The summed E-state index contributed by atoms with van der Waals surface area (Å²) in [6.45, 7) is 2.58. The minimum absolute atomic E-state index is 0.285. The molecule has 0 bridgehead atoms. The van der Waals surface area contributed by atoms with Gasteiger partial charge in [0, 0.05) is 16.6 Å². The average molecular weight is 291 g/mol. The summed E-state index contributed by atoms with van der Waals surface area (Å²) in [6, 6.07) is 11.9. The van der Waals surface area contributed by atoms with Crippen LogP contribution in [-0.2, 0) is 6.61 Å². The van der Waals surface area contributed by atoms with Gasteiger partial charge in [0.15, 0.2) is 0 Å². The molecule has 0 fully saturated rings. The van der Waals surface area contributed by atoms with Gasteiger partial charge < -0.3 is 10.1 Å². The van der Waals surface area contributed by atoms with Gasteiger partial charge in [-0.3, -0.25) is 4.98 Å². The Bertz CT molecular complexity index is 538. The molecule has 1 aromatic heterocycles. The highest BCUT2D eigenvalue weighted by atomic mass is 35.5. The van der Waals surface area contributed by atoms with Crippen molar-refractivity contribution in [2.24, 2.45) is 0 Å². The number of nitrogens with zero attached hydrogens (tertiary/aromatic N) is 1. The summed E-state index contributed by atoms with van der Waals surface area (Å²) >= 11 is 6.09. The van der Waals surface area contributed by atoms with Crippen LogP contribution in [0.5, 0.6) is 5.75 Å². The van der Waals surface area contributed by atoms with E-state index < -0.39 is 0 Å². The van der Waals surface area contributed by atoms with Gasteiger partial charge in [0.25, 0.3) is 0 Å². The van der Waals surface area contributed by atoms with Crippen molar-refractivity contribution in [1.82, 2.24) is 10.3 Å². The molecule has 1 atom stereocenters. The second kappa shape index (κ2) is 7.27. The molecule has 0 saturated heterocycles. The van der Waals surface area contributed by atoms with E-state index in [1.807, 2.05) is 43.4 Å². The van der Waals surface area contributed by atoms with Crippen molar-refractivity contribution in [2.45, 2.75) is 26.0 Å².